The summed E-state index contributed by atoms with van der Waals surface area (Å²) in [5, 5.41) is 10.0. The van der Waals surface area contributed by atoms with E-state index in [1.807, 2.05) is 30.3 Å². The molecular formula is C16H25NO3. The van der Waals surface area contributed by atoms with Crippen molar-refractivity contribution < 1.29 is 14.6 Å². The number of hydrogen-bond acceptors (Lipinski definition) is 4. The average Bonchev–Trinajstić information content (AvgIpc) is 2.44. The predicted molar refractivity (Wildman–Crippen MR) is 80.8 cm³/mol. The zero-order valence-electron chi connectivity index (χ0n) is 12.4. The molecule has 0 saturated carbocycles. The van der Waals surface area contributed by atoms with Gasteiger partial charge in [-0.05, 0) is 25.5 Å². The van der Waals surface area contributed by atoms with Crippen molar-refractivity contribution in [3.63, 3.8) is 0 Å². The summed E-state index contributed by atoms with van der Waals surface area (Å²) in [6.45, 7) is 5.58. The maximum Gasteiger partial charge on any atom is 0.308 e. The molecule has 4 nitrogen and oxygen atoms in total. The van der Waals surface area contributed by atoms with Crippen molar-refractivity contribution in [1.82, 2.24) is 0 Å². The number of benzene rings is 1. The highest BCUT2D eigenvalue weighted by atomic mass is 16.5. The number of aliphatic hydroxyl groups is 1. The summed E-state index contributed by atoms with van der Waals surface area (Å²) in [6.07, 6.45) is 1.49. The first-order valence-corrected chi connectivity index (χ1v) is 7.31. The van der Waals surface area contributed by atoms with Gasteiger partial charge in [0, 0.05) is 18.8 Å². The Morgan fingerprint density at radius 3 is 2.60 bits per heavy atom. The normalized spacial score (nSPS) is 11.9. The molecule has 1 aromatic rings. The van der Waals surface area contributed by atoms with Crippen LogP contribution in [-0.4, -0.2) is 36.9 Å². The minimum Gasteiger partial charge on any atom is -0.466 e. The van der Waals surface area contributed by atoms with E-state index >= 15 is 0 Å². The number of rotatable bonds is 9. The van der Waals surface area contributed by atoms with Crippen LogP contribution in [0.3, 0.4) is 0 Å². The molecule has 1 unspecified atom stereocenters. The van der Waals surface area contributed by atoms with Crippen LogP contribution in [0.2, 0.25) is 0 Å². The molecule has 1 aromatic carbocycles. The minimum absolute atomic E-state index is 0.0449. The van der Waals surface area contributed by atoms with E-state index in [0.29, 0.717) is 13.2 Å². The summed E-state index contributed by atoms with van der Waals surface area (Å²) in [4.78, 5) is 13.5. The number of anilines is 1. The van der Waals surface area contributed by atoms with Crippen LogP contribution in [0.25, 0.3) is 0 Å². The SMILES string of the molecule is CCCCN(CC(O)CC(=O)OCC)c1ccccc1. The first-order chi connectivity index (χ1) is 9.67. The Labute approximate surface area is 121 Å². The van der Waals surface area contributed by atoms with Crippen LogP contribution in [0.5, 0.6) is 0 Å². The fourth-order valence-electron chi connectivity index (χ4n) is 2.04. The fraction of sp³-hybridized carbons (Fsp3) is 0.562. The predicted octanol–water partition coefficient (Wildman–Crippen LogP) is 2.61. The van der Waals surface area contributed by atoms with Gasteiger partial charge in [0.1, 0.15) is 0 Å². The van der Waals surface area contributed by atoms with E-state index in [2.05, 4.69) is 11.8 Å². The number of esters is 1. The number of carbonyl (C=O) groups is 1. The van der Waals surface area contributed by atoms with E-state index in [-0.39, 0.29) is 12.4 Å². The van der Waals surface area contributed by atoms with Crippen LogP contribution in [-0.2, 0) is 9.53 Å². The third-order valence-electron chi connectivity index (χ3n) is 3.04. The maximum absolute atomic E-state index is 11.4. The molecule has 0 heterocycles. The van der Waals surface area contributed by atoms with Crippen LogP contribution in [0.4, 0.5) is 5.69 Å². The summed E-state index contributed by atoms with van der Waals surface area (Å²) in [5.41, 5.74) is 1.07. The van der Waals surface area contributed by atoms with Crippen molar-refractivity contribution in [3.8, 4) is 0 Å². The molecule has 4 heteroatoms. The number of aliphatic hydroxyl groups excluding tert-OH is 1. The van der Waals surface area contributed by atoms with Gasteiger partial charge >= 0.3 is 5.97 Å². The van der Waals surface area contributed by atoms with Crippen LogP contribution < -0.4 is 4.90 Å². The first-order valence-electron chi connectivity index (χ1n) is 7.31. The third kappa shape index (κ3) is 6.06. The lowest BCUT2D eigenvalue weighted by atomic mass is 10.2. The Morgan fingerprint density at radius 2 is 2.00 bits per heavy atom. The molecule has 0 saturated heterocycles. The number of unbranched alkanes of at least 4 members (excludes halogenated alkanes) is 1. The molecule has 0 aliphatic carbocycles. The highest BCUT2D eigenvalue weighted by Crippen LogP contribution is 2.15. The van der Waals surface area contributed by atoms with Crippen molar-refractivity contribution in [2.45, 2.75) is 39.2 Å². The van der Waals surface area contributed by atoms with E-state index in [4.69, 9.17) is 4.74 Å². The molecule has 0 aliphatic rings. The molecule has 1 rings (SSSR count). The average molecular weight is 279 g/mol. The molecule has 0 aromatic heterocycles. The lowest BCUT2D eigenvalue weighted by Crippen LogP contribution is -2.34. The standard InChI is InChI=1S/C16H25NO3/c1-3-5-11-17(14-9-7-6-8-10-14)13-15(18)12-16(19)20-4-2/h6-10,15,18H,3-5,11-13H2,1-2H3. The van der Waals surface area contributed by atoms with Gasteiger partial charge in [0.2, 0.25) is 0 Å². The molecule has 0 bridgehead atoms. The molecule has 0 radical (unpaired) electrons. The molecular weight excluding hydrogens is 254 g/mol. The van der Waals surface area contributed by atoms with Gasteiger partial charge in [-0.25, -0.2) is 0 Å². The van der Waals surface area contributed by atoms with Gasteiger partial charge in [0.25, 0.3) is 0 Å². The van der Waals surface area contributed by atoms with E-state index < -0.39 is 6.10 Å². The summed E-state index contributed by atoms with van der Waals surface area (Å²) < 4.78 is 4.86. The van der Waals surface area contributed by atoms with Crippen molar-refractivity contribution in [3.05, 3.63) is 30.3 Å². The largest absolute Gasteiger partial charge is 0.466 e. The number of carbonyl (C=O) groups excluding carboxylic acids is 1. The molecule has 1 N–H and O–H groups in total. The Bertz CT molecular complexity index is 381. The zero-order valence-corrected chi connectivity index (χ0v) is 12.4. The van der Waals surface area contributed by atoms with Crippen molar-refractivity contribution in [2.75, 3.05) is 24.6 Å². The van der Waals surface area contributed by atoms with Crippen molar-refractivity contribution >= 4 is 11.7 Å². The topological polar surface area (TPSA) is 49.8 Å². The summed E-state index contributed by atoms with van der Waals surface area (Å²) in [6, 6.07) is 9.97. The number of nitrogens with zero attached hydrogens (tertiary/aromatic N) is 1. The molecule has 112 valence electrons. The molecule has 0 aliphatic heterocycles. The van der Waals surface area contributed by atoms with Gasteiger partial charge in [-0.2, -0.15) is 0 Å². The van der Waals surface area contributed by atoms with Crippen molar-refractivity contribution in [2.24, 2.45) is 0 Å². The highest BCUT2D eigenvalue weighted by Gasteiger charge is 2.16. The third-order valence-corrected chi connectivity index (χ3v) is 3.04. The molecule has 20 heavy (non-hydrogen) atoms. The van der Waals surface area contributed by atoms with Gasteiger partial charge < -0.3 is 14.7 Å². The van der Waals surface area contributed by atoms with E-state index in [1.165, 1.54) is 0 Å². The van der Waals surface area contributed by atoms with Gasteiger partial charge in [0.15, 0.2) is 0 Å². The molecule has 0 fully saturated rings. The smallest absolute Gasteiger partial charge is 0.308 e. The van der Waals surface area contributed by atoms with Crippen LogP contribution in [0.1, 0.15) is 33.1 Å². The Kier molecular flexibility index (Phi) is 7.73. The summed E-state index contributed by atoms with van der Waals surface area (Å²) in [7, 11) is 0. The lowest BCUT2D eigenvalue weighted by molar-refractivity contribution is -0.145. The fourth-order valence-corrected chi connectivity index (χ4v) is 2.04. The van der Waals surface area contributed by atoms with E-state index in [0.717, 1.165) is 25.1 Å². The second-order valence-corrected chi connectivity index (χ2v) is 4.80. The minimum atomic E-state index is -0.703. The Hall–Kier alpha value is -1.55. The van der Waals surface area contributed by atoms with Gasteiger partial charge in [-0.3, -0.25) is 4.79 Å². The lowest BCUT2D eigenvalue weighted by Gasteiger charge is -2.27. The second kappa shape index (κ2) is 9.37. The van der Waals surface area contributed by atoms with E-state index in [1.54, 1.807) is 6.92 Å². The first kappa shape index (κ1) is 16.5. The zero-order chi connectivity index (χ0) is 14.8. The summed E-state index contributed by atoms with van der Waals surface area (Å²) >= 11 is 0. The molecule has 1 atom stereocenters. The maximum atomic E-state index is 11.4. The van der Waals surface area contributed by atoms with E-state index in [9.17, 15) is 9.90 Å². The Morgan fingerprint density at radius 1 is 1.30 bits per heavy atom. The number of hydrogen-bond donors (Lipinski definition) is 1. The quantitative estimate of drug-likeness (QED) is 0.706. The van der Waals surface area contributed by atoms with Gasteiger partial charge in [-0.1, -0.05) is 31.5 Å². The van der Waals surface area contributed by atoms with Crippen LogP contribution in [0, 0.1) is 0 Å². The van der Waals surface area contributed by atoms with Gasteiger partial charge in [-0.15, -0.1) is 0 Å². The molecule has 0 spiro atoms. The molecule has 0 amide bonds. The number of ether oxygens (including phenoxy) is 1. The number of para-hydroxylation sites is 1. The highest BCUT2D eigenvalue weighted by molar-refractivity contribution is 5.70. The van der Waals surface area contributed by atoms with Crippen LogP contribution in [0.15, 0.2) is 30.3 Å². The summed E-state index contributed by atoms with van der Waals surface area (Å²) in [5.74, 6) is -0.344. The Balaban J connectivity index is 2.58. The van der Waals surface area contributed by atoms with Crippen LogP contribution >= 0.6 is 0 Å². The second-order valence-electron chi connectivity index (χ2n) is 4.80. The van der Waals surface area contributed by atoms with Crippen molar-refractivity contribution in [1.29, 1.82) is 0 Å². The van der Waals surface area contributed by atoms with Gasteiger partial charge in [0.05, 0.1) is 19.1 Å². The monoisotopic (exact) mass is 279 g/mol.